The molecule has 0 N–H and O–H groups in total. The summed E-state index contributed by atoms with van der Waals surface area (Å²) in [4.78, 5) is 0. The van der Waals surface area contributed by atoms with Crippen LogP contribution in [0.1, 0.15) is 51.0 Å². The second-order valence-electron chi connectivity index (χ2n) is 4.64. The average Bonchev–Trinajstić information content (AvgIpc) is 2.40. The highest BCUT2D eigenvalue weighted by Gasteiger charge is 1.96. The van der Waals surface area contributed by atoms with Gasteiger partial charge in [0.05, 0.1) is 6.61 Å². The lowest BCUT2D eigenvalue weighted by Crippen LogP contribution is -1.92. The first-order valence-corrected chi connectivity index (χ1v) is 8.26. The van der Waals surface area contributed by atoms with Gasteiger partial charge >= 0.3 is 0 Å². The van der Waals surface area contributed by atoms with Crippen LogP contribution >= 0.6 is 15.9 Å². The zero-order valence-corrected chi connectivity index (χ0v) is 13.0. The zero-order chi connectivity index (χ0) is 13.1. The standard InChI is InChI=1S/C16H25BrO/c1-2-18-16-12-10-15(11-13-16)9-7-5-3-4-6-8-14-17/h10-13H,2-9,14H2,1H3. The van der Waals surface area contributed by atoms with Gasteiger partial charge in [-0.1, -0.05) is 53.7 Å². The SMILES string of the molecule is CCOc1ccc(CCCCCCCCBr)cc1. The van der Waals surface area contributed by atoms with E-state index in [9.17, 15) is 0 Å². The molecule has 102 valence electrons. The van der Waals surface area contributed by atoms with Crippen LogP contribution < -0.4 is 4.74 Å². The lowest BCUT2D eigenvalue weighted by Gasteiger charge is -2.05. The van der Waals surface area contributed by atoms with Gasteiger partial charge in [0.2, 0.25) is 0 Å². The first kappa shape index (κ1) is 15.6. The zero-order valence-electron chi connectivity index (χ0n) is 11.5. The molecule has 0 heterocycles. The van der Waals surface area contributed by atoms with Crippen LogP contribution in [0.2, 0.25) is 0 Å². The minimum atomic E-state index is 0.744. The fourth-order valence-corrected chi connectivity index (χ4v) is 2.45. The van der Waals surface area contributed by atoms with Gasteiger partial charge in [0.25, 0.3) is 0 Å². The molecule has 18 heavy (non-hydrogen) atoms. The maximum absolute atomic E-state index is 5.44. The third-order valence-corrected chi connectivity index (χ3v) is 3.64. The van der Waals surface area contributed by atoms with Crippen molar-refractivity contribution in [2.24, 2.45) is 0 Å². The molecule has 0 aliphatic carbocycles. The topological polar surface area (TPSA) is 9.23 Å². The summed E-state index contributed by atoms with van der Waals surface area (Å²) in [6.45, 7) is 2.76. The van der Waals surface area contributed by atoms with Crippen LogP contribution in [-0.4, -0.2) is 11.9 Å². The number of rotatable bonds is 10. The maximum atomic E-state index is 5.44. The van der Waals surface area contributed by atoms with Crippen molar-refractivity contribution in [3.05, 3.63) is 29.8 Å². The second-order valence-corrected chi connectivity index (χ2v) is 5.43. The third-order valence-electron chi connectivity index (χ3n) is 3.08. The van der Waals surface area contributed by atoms with Gasteiger partial charge in [-0.15, -0.1) is 0 Å². The number of hydrogen-bond acceptors (Lipinski definition) is 1. The molecule has 0 saturated carbocycles. The molecule has 0 aliphatic heterocycles. The Morgan fingerprint density at radius 2 is 1.50 bits per heavy atom. The summed E-state index contributed by atoms with van der Waals surface area (Å²) in [5.74, 6) is 0.982. The van der Waals surface area contributed by atoms with E-state index in [4.69, 9.17) is 4.74 Å². The molecule has 1 aromatic carbocycles. The van der Waals surface area contributed by atoms with E-state index in [0.717, 1.165) is 17.7 Å². The summed E-state index contributed by atoms with van der Waals surface area (Å²) in [7, 11) is 0. The monoisotopic (exact) mass is 312 g/mol. The van der Waals surface area contributed by atoms with Crippen LogP contribution in [0.25, 0.3) is 0 Å². The van der Waals surface area contributed by atoms with Crippen molar-refractivity contribution in [2.45, 2.75) is 51.9 Å². The summed E-state index contributed by atoms with van der Waals surface area (Å²) in [5.41, 5.74) is 1.43. The van der Waals surface area contributed by atoms with Crippen molar-refractivity contribution in [3.8, 4) is 5.75 Å². The van der Waals surface area contributed by atoms with Gasteiger partial charge < -0.3 is 4.74 Å². The quantitative estimate of drug-likeness (QED) is 0.417. The van der Waals surface area contributed by atoms with E-state index in [0.29, 0.717) is 0 Å². The summed E-state index contributed by atoms with van der Waals surface area (Å²) < 4.78 is 5.44. The summed E-state index contributed by atoms with van der Waals surface area (Å²) in [5, 5.41) is 1.15. The van der Waals surface area contributed by atoms with E-state index in [1.54, 1.807) is 0 Å². The molecule has 0 saturated heterocycles. The highest BCUT2D eigenvalue weighted by molar-refractivity contribution is 9.09. The van der Waals surface area contributed by atoms with E-state index in [-0.39, 0.29) is 0 Å². The van der Waals surface area contributed by atoms with Gasteiger partial charge in [-0.25, -0.2) is 0 Å². The Morgan fingerprint density at radius 1 is 0.889 bits per heavy atom. The largest absolute Gasteiger partial charge is 0.494 e. The summed E-state index contributed by atoms with van der Waals surface area (Å²) >= 11 is 3.47. The molecular formula is C16H25BrO. The summed E-state index contributed by atoms with van der Waals surface area (Å²) in [6, 6.07) is 8.54. The smallest absolute Gasteiger partial charge is 0.119 e. The van der Waals surface area contributed by atoms with E-state index >= 15 is 0 Å². The van der Waals surface area contributed by atoms with E-state index < -0.39 is 0 Å². The lowest BCUT2D eigenvalue weighted by molar-refractivity contribution is 0.340. The van der Waals surface area contributed by atoms with Crippen LogP contribution in [0.4, 0.5) is 0 Å². The lowest BCUT2D eigenvalue weighted by atomic mass is 10.0. The number of ether oxygens (including phenoxy) is 1. The molecule has 2 heteroatoms. The predicted octanol–water partition coefficient (Wildman–Crippen LogP) is 5.36. The van der Waals surface area contributed by atoms with Gasteiger partial charge in [-0.2, -0.15) is 0 Å². The highest BCUT2D eigenvalue weighted by atomic mass is 79.9. The molecule has 0 radical (unpaired) electrons. The number of unbranched alkanes of at least 4 members (excludes halogenated alkanes) is 5. The van der Waals surface area contributed by atoms with Crippen LogP contribution in [0, 0.1) is 0 Å². The summed E-state index contributed by atoms with van der Waals surface area (Å²) in [6.07, 6.45) is 9.31. The predicted molar refractivity (Wildman–Crippen MR) is 82.8 cm³/mol. The van der Waals surface area contributed by atoms with Gasteiger partial charge in [-0.05, 0) is 43.9 Å². The fraction of sp³-hybridized carbons (Fsp3) is 0.625. The van der Waals surface area contributed by atoms with Gasteiger partial charge in [-0.3, -0.25) is 0 Å². The van der Waals surface area contributed by atoms with E-state index in [2.05, 4.69) is 40.2 Å². The molecule has 0 unspecified atom stereocenters. The Labute approximate surface area is 120 Å². The Morgan fingerprint density at radius 3 is 2.11 bits per heavy atom. The number of aryl methyl sites for hydroxylation is 1. The second kappa shape index (κ2) is 10.4. The van der Waals surface area contributed by atoms with Crippen molar-refractivity contribution < 1.29 is 4.74 Å². The molecular weight excluding hydrogens is 288 g/mol. The molecule has 1 nitrogen and oxygen atoms in total. The van der Waals surface area contributed by atoms with Crippen LogP contribution in [0.5, 0.6) is 5.75 Å². The molecule has 0 fully saturated rings. The molecule has 0 aromatic heterocycles. The van der Waals surface area contributed by atoms with Crippen LogP contribution in [-0.2, 0) is 6.42 Å². The number of alkyl halides is 1. The number of halogens is 1. The number of hydrogen-bond donors (Lipinski definition) is 0. The molecule has 1 aromatic rings. The van der Waals surface area contributed by atoms with Crippen LogP contribution in [0.3, 0.4) is 0 Å². The first-order chi connectivity index (χ1) is 8.86. The normalized spacial score (nSPS) is 10.6. The molecule has 0 atom stereocenters. The van der Waals surface area contributed by atoms with Crippen molar-refractivity contribution in [3.63, 3.8) is 0 Å². The van der Waals surface area contributed by atoms with E-state index in [1.165, 1.54) is 50.5 Å². The highest BCUT2D eigenvalue weighted by Crippen LogP contribution is 2.15. The Bertz CT molecular complexity index is 294. The molecule has 0 spiro atoms. The van der Waals surface area contributed by atoms with E-state index in [1.807, 2.05) is 6.92 Å². The number of benzene rings is 1. The Balaban J connectivity index is 2.08. The first-order valence-electron chi connectivity index (χ1n) is 7.14. The van der Waals surface area contributed by atoms with Gasteiger partial charge in [0.15, 0.2) is 0 Å². The fourth-order valence-electron chi connectivity index (χ4n) is 2.05. The molecule has 1 rings (SSSR count). The maximum Gasteiger partial charge on any atom is 0.119 e. The Kier molecular flexibility index (Phi) is 9.01. The van der Waals surface area contributed by atoms with Crippen molar-refractivity contribution in [1.29, 1.82) is 0 Å². The average molecular weight is 313 g/mol. The van der Waals surface area contributed by atoms with Crippen molar-refractivity contribution in [2.75, 3.05) is 11.9 Å². The van der Waals surface area contributed by atoms with Crippen molar-refractivity contribution >= 4 is 15.9 Å². The molecule has 0 aliphatic rings. The van der Waals surface area contributed by atoms with Crippen molar-refractivity contribution in [1.82, 2.24) is 0 Å². The van der Waals surface area contributed by atoms with Gasteiger partial charge in [0, 0.05) is 5.33 Å². The molecule has 0 bridgehead atoms. The Hall–Kier alpha value is -0.500. The minimum Gasteiger partial charge on any atom is -0.494 e. The van der Waals surface area contributed by atoms with Crippen LogP contribution in [0.15, 0.2) is 24.3 Å². The molecule has 0 amide bonds. The third kappa shape index (κ3) is 7.05. The van der Waals surface area contributed by atoms with Gasteiger partial charge in [0.1, 0.15) is 5.75 Å². The minimum absolute atomic E-state index is 0.744.